The van der Waals surface area contributed by atoms with Gasteiger partial charge in [0.05, 0.1) is 0 Å². The summed E-state index contributed by atoms with van der Waals surface area (Å²) in [5, 5.41) is 0. The Kier molecular flexibility index (Phi) is 4.71. The molecule has 2 N–H and O–H groups in total. The molecule has 3 rings (SSSR count). The van der Waals surface area contributed by atoms with Crippen molar-refractivity contribution in [1.82, 2.24) is 9.80 Å². The summed E-state index contributed by atoms with van der Waals surface area (Å²) in [6.45, 7) is 7.23. The Labute approximate surface area is 122 Å². The van der Waals surface area contributed by atoms with Crippen LogP contribution >= 0.6 is 0 Å². The predicted molar refractivity (Wildman–Crippen MR) is 83.9 cm³/mol. The maximum atomic E-state index is 5.97. The topological polar surface area (TPSA) is 32.5 Å². The molecule has 0 radical (unpaired) electrons. The van der Waals surface area contributed by atoms with E-state index < -0.39 is 0 Å². The molecule has 1 aromatic rings. The van der Waals surface area contributed by atoms with Crippen LogP contribution in [0, 0.1) is 0 Å². The molecule has 0 aromatic heterocycles. The van der Waals surface area contributed by atoms with E-state index in [1.54, 1.807) is 11.1 Å². The van der Waals surface area contributed by atoms with Crippen molar-refractivity contribution in [2.24, 2.45) is 5.73 Å². The van der Waals surface area contributed by atoms with Gasteiger partial charge in [0.2, 0.25) is 0 Å². The highest BCUT2D eigenvalue weighted by molar-refractivity contribution is 5.28. The Balaban J connectivity index is 1.46. The van der Waals surface area contributed by atoms with E-state index in [0.29, 0.717) is 6.04 Å². The SMILES string of the molecule is NC1CCN(CCN2CCc3ccccc3CC2)CC1. The third kappa shape index (κ3) is 3.60. The first-order valence-corrected chi connectivity index (χ1v) is 8.08. The van der Waals surface area contributed by atoms with Crippen molar-refractivity contribution in [2.75, 3.05) is 39.3 Å². The highest BCUT2D eigenvalue weighted by Crippen LogP contribution is 2.15. The summed E-state index contributed by atoms with van der Waals surface area (Å²) in [7, 11) is 0. The third-order valence-corrected chi connectivity index (χ3v) is 4.88. The number of nitrogens with two attached hydrogens (primary N) is 1. The molecule has 2 aliphatic rings. The van der Waals surface area contributed by atoms with Gasteiger partial charge in [0.15, 0.2) is 0 Å². The van der Waals surface area contributed by atoms with Crippen LogP contribution in [0.4, 0.5) is 0 Å². The molecule has 1 aromatic carbocycles. The van der Waals surface area contributed by atoms with Gasteiger partial charge in [0.25, 0.3) is 0 Å². The van der Waals surface area contributed by atoms with Gasteiger partial charge in [-0.25, -0.2) is 0 Å². The average Bonchev–Trinajstić information content (AvgIpc) is 2.69. The molecule has 1 saturated heterocycles. The summed E-state index contributed by atoms with van der Waals surface area (Å²) in [4.78, 5) is 5.22. The second kappa shape index (κ2) is 6.70. The van der Waals surface area contributed by atoms with E-state index in [1.807, 2.05) is 0 Å². The molecule has 0 saturated carbocycles. The molecule has 2 aliphatic heterocycles. The van der Waals surface area contributed by atoms with Crippen molar-refractivity contribution in [3.8, 4) is 0 Å². The van der Waals surface area contributed by atoms with Crippen LogP contribution in [0.15, 0.2) is 24.3 Å². The number of fused-ring (bicyclic) bond motifs is 1. The summed E-state index contributed by atoms with van der Waals surface area (Å²) in [6.07, 6.45) is 4.76. The molecular weight excluding hydrogens is 246 g/mol. The summed E-state index contributed by atoms with van der Waals surface area (Å²) >= 11 is 0. The highest BCUT2D eigenvalue weighted by atomic mass is 15.2. The summed E-state index contributed by atoms with van der Waals surface area (Å²) in [5.41, 5.74) is 9.08. The Morgan fingerprint density at radius 3 is 1.90 bits per heavy atom. The van der Waals surface area contributed by atoms with E-state index in [-0.39, 0.29) is 0 Å². The molecule has 0 unspecified atom stereocenters. The van der Waals surface area contributed by atoms with E-state index in [2.05, 4.69) is 34.1 Å². The lowest BCUT2D eigenvalue weighted by Crippen LogP contribution is -2.43. The molecule has 3 nitrogen and oxygen atoms in total. The van der Waals surface area contributed by atoms with Gasteiger partial charge in [0, 0.05) is 32.2 Å². The lowest BCUT2D eigenvalue weighted by atomic mass is 10.0. The minimum atomic E-state index is 0.443. The van der Waals surface area contributed by atoms with Crippen molar-refractivity contribution in [3.63, 3.8) is 0 Å². The standard InChI is InChI=1S/C17H27N3/c18-17-7-11-20(12-8-17)14-13-19-9-5-15-3-1-2-4-16(15)6-10-19/h1-4,17H,5-14,18H2. The highest BCUT2D eigenvalue weighted by Gasteiger charge is 2.18. The van der Waals surface area contributed by atoms with Gasteiger partial charge >= 0.3 is 0 Å². The van der Waals surface area contributed by atoms with Crippen molar-refractivity contribution < 1.29 is 0 Å². The number of likely N-dealkylation sites (tertiary alicyclic amines) is 1. The molecule has 2 heterocycles. The van der Waals surface area contributed by atoms with E-state index in [1.165, 1.54) is 65.0 Å². The number of piperidine rings is 1. The van der Waals surface area contributed by atoms with Crippen LogP contribution in [0.5, 0.6) is 0 Å². The monoisotopic (exact) mass is 273 g/mol. The summed E-state index contributed by atoms with van der Waals surface area (Å²) in [6, 6.07) is 9.38. The minimum absolute atomic E-state index is 0.443. The number of rotatable bonds is 3. The van der Waals surface area contributed by atoms with Gasteiger partial charge in [-0.05, 0) is 49.9 Å². The molecule has 110 valence electrons. The predicted octanol–water partition coefficient (Wildman–Crippen LogP) is 1.51. The first-order chi connectivity index (χ1) is 9.81. The number of hydrogen-bond donors (Lipinski definition) is 1. The zero-order valence-electron chi connectivity index (χ0n) is 12.4. The van der Waals surface area contributed by atoms with E-state index >= 15 is 0 Å². The van der Waals surface area contributed by atoms with Crippen LogP contribution in [0.3, 0.4) is 0 Å². The van der Waals surface area contributed by atoms with Crippen molar-refractivity contribution in [3.05, 3.63) is 35.4 Å². The zero-order chi connectivity index (χ0) is 13.8. The normalized spacial score (nSPS) is 22.4. The van der Waals surface area contributed by atoms with Crippen LogP contribution in [0.1, 0.15) is 24.0 Å². The maximum Gasteiger partial charge on any atom is 0.0110 e. The van der Waals surface area contributed by atoms with Gasteiger partial charge in [-0.1, -0.05) is 24.3 Å². The smallest absolute Gasteiger partial charge is 0.0110 e. The molecule has 20 heavy (non-hydrogen) atoms. The van der Waals surface area contributed by atoms with Crippen molar-refractivity contribution >= 4 is 0 Å². The molecule has 0 amide bonds. The lowest BCUT2D eigenvalue weighted by Gasteiger charge is -2.32. The molecular formula is C17H27N3. The maximum absolute atomic E-state index is 5.97. The number of benzene rings is 1. The van der Waals surface area contributed by atoms with Gasteiger partial charge in [-0.3, -0.25) is 0 Å². The third-order valence-electron chi connectivity index (χ3n) is 4.88. The second-order valence-corrected chi connectivity index (χ2v) is 6.29. The Hall–Kier alpha value is -0.900. The van der Waals surface area contributed by atoms with Gasteiger partial charge in [0.1, 0.15) is 0 Å². The minimum Gasteiger partial charge on any atom is -0.328 e. The summed E-state index contributed by atoms with van der Waals surface area (Å²) in [5.74, 6) is 0. The fourth-order valence-electron chi connectivity index (χ4n) is 3.40. The fraction of sp³-hybridized carbons (Fsp3) is 0.647. The first kappa shape index (κ1) is 14.1. The Morgan fingerprint density at radius 2 is 1.35 bits per heavy atom. The van der Waals surface area contributed by atoms with Crippen LogP contribution in [0.25, 0.3) is 0 Å². The van der Waals surface area contributed by atoms with E-state index in [0.717, 1.165) is 0 Å². The van der Waals surface area contributed by atoms with Crippen LogP contribution in [-0.2, 0) is 12.8 Å². The van der Waals surface area contributed by atoms with Crippen molar-refractivity contribution in [1.29, 1.82) is 0 Å². The van der Waals surface area contributed by atoms with E-state index in [4.69, 9.17) is 5.73 Å². The second-order valence-electron chi connectivity index (χ2n) is 6.29. The van der Waals surface area contributed by atoms with Crippen LogP contribution in [0.2, 0.25) is 0 Å². The Bertz CT molecular complexity index is 397. The molecule has 0 atom stereocenters. The zero-order valence-corrected chi connectivity index (χ0v) is 12.4. The number of nitrogens with zero attached hydrogens (tertiary/aromatic N) is 2. The molecule has 0 spiro atoms. The van der Waals surface area contributed by atoms with Crippen molar-refractivity contribution in [2.45, 2.75) is 31.7 Å². The Morgan fingerprint density at radius 1 is 0.850 bits per heavy atom. The largest absolute Gasteiger partial charge is 0.328 e. The van der Waals surface area contributed by atoms with E-state index in [9.17, 15) is 0 Å². The van der Waals surface area contributed by atoms with Crippen LogP contribution < -0.4 is 5.73 Å². The number of hydrogen-bond acceptors (Lipinski definition) is 3. The van der Waals surface area contributed by atoms with Gasteiger partial charge in [-0.15, -0.1) is 0 Å². The molecule has 0 bridgehead atoms. The lowest BCUT2D eigenvalue weighted by molar-refractivity contribution is 0.176. The average molecular weight is 273 g/mol. The molecule has 0 aliphatic carbocycles. The summed E-state index contributed by atoms with van der Waals surface area (Å²) < 4.78 is 0. The quantitative estimate of drug-likeness (QED) is 0.906. The molecule has 1 fully saturated rings. The van der Waals surface area contributed by atoms with Gasteiger partial charge < -0.3 is 15.5 Å². The molecule has 3 heteroatoms. The first-order valence-electron chi connectivity index (χ1n) is 8.08. The fourth-order valence-corrected chi connectivity index (χ4v) is 3.40. The van der Waals surface area contributed by atoms with Crippen LogP contribution in [-0.4, -0.2) is 55.1 Å². The van der Waals surface area contributed by atoms with Gasteiger partial charge in [-0.2, -0.15) is 0 Å².